The molecule has 0 unspecified atom stereocenters. The quantitative estimate of drug-likeness (QED) is 0.380. The van der Waals surface area contributed by atoms with E-state index >= 15 is 0 Å². The average Bonchev–Trinajstić information content (AvgIpc) is 2.71. The van der Waals surface area contributed by atoms with Crippen molar-refractivity contribution in [3.05, 3.63) is 72.1 Å². The molecular formula is C24H28ClN4+. The lowest BCUT2D eigenvalue weighted by Crippen LogP contribution is -3.00. The number of rotatable bonds is 5. The van der Waals surface area contributed by atoms with Gasteiger partial charge in [-0.2, -0.15) is 9.13 Å². The summed E-state index contributed by atoms with van der Waals surface area (Å²) in [6.07, 6.45) is 4.38. The third kappa shape index (κ3) is 3.99. The Morgan fingerprint density at radius 3 is 2.17 bits per heavy atom. The summed E-state index contributed by atoms with van der Waals surface area (Å²) in [6, 6.07) is 18.8. The van der Waals surface area contributed by atoms with Gasteiger partial charge in [0, 0.05) is 43.5 Å². The van der Waals surface area contributed by atoms with Gasteiger partial charge in [0.1, 0.15) is 13.1 Å². The van der Waals surface area contributed by atoms with Crippen molar-refractivity contribution < 1.29 is 21.5 Å². The molecule has 0 aliphatic heterocycles. The molecule has 4 nitrogen and oxygen atoms in total. The van der Waals surface area contributed by atoms with Crippen LogP contribution in [0.1, 0.15) is 24.1 Å². The first-order valence-corrected chi connectivity index (χ1v) is 9.91. The molecule has 0 aliphatic rings. The lowest BCUT2D eigenvalue weighted by molar-refractivity contribution is -0.686. The molecule has 2 heterocycles. The lowest BCUT2D eigenvalue weighted by Gasteiger charge is -2.08. The van der Waals surface area contributed by atoms with Crippen LogP contribution in [0.2, 0.25) is 0 Å². The van der Waals surface area contributed by atoms with Crippen LogP contribution in [-0.4, -0.2) is 0 Å². The molecule has 0 atom stereocenters. The second kappa shape index (κ2) is 8.66. The predicted molar refractivity (Wildman–Crippen MR) is 116 cm³/mol. The molecule has 29 heavy (non-hydrogen) atoms. The number of nitrogens with zero attached hydrogens (tertiary/aromatic N) is 2. The highest BCUT2D eigenvalue weighted by molar-refractivity contribution is 5.89. The molecule has 0 bridgehead atoms. The largest absolute Gasteiger partial charge is 1.00 e. The molecule has 2 aromatic heterocycles. The smallest absolute Gasteiger partial charge is 0.214 e. The van der Waals surface area contributed by atoms with E-state index in [1.54, 1.807) is 0 Å². The van der Waals surface area contributed by atoms with Crippen LogP contribution >= 0.6 is 0 Å². The van der Waals surface area contributed by atoms with E-state index in [0.29, 0.717) is 0 Å². The SMILES string of the molecule is Cc1c[n+](CCCC[n+]2c(C)cc(N)c3ccccc32)c2ccccc2c1N.[Cl-]. The summed E-state index contributed by atoms with van der Waals surface area (Å²) in [5.41, 5.74) is 19.0. The Bertz CT molecular complexity index is 1170. The van der Waals surface area contributed by atoms with Crippen LogP contribution in [0, 0.1) is 13.8 Å². The number of anilines is 2. The molecule has 4 aromatic rings. The third-order valence-corrected chi connectivity index (χ3v) is 5.60. The maximum Gasteiger partial charge on any atom is 0.214 e. The standard InChI is InChI=1S/C24H26N4.ClH/c1-17-16-27(22-11-5-4-10-20(22)24(17)26)13-7-8-14-28-18(2)15-21(25)19-9-3-6-12-23(19)28;/h3-6,9-12,15-16,25-26H,7-8,13-14H2,1-2H3;1H/p+1. The minimum atomic E-state index is 0. The zero-order chi connectivity index (χ0) is 19.7. The van der Waals surface area contributed by atoms with Crippen molar-refractivity contribution >= 4 is 33.2 Å². The average molecular weight is 408 g/mol. The van der Waals surface area contributed by atoms with Gasteiger partial charge in [-0.15, -0.1) is 0 Å². The predicted octanol–water partition coefficient (Wildman–Crippen LogP) is 0.834. The van der Waals surface area contributed by atoms with Crippen LogP contribution in [-0.2, 0) is 13.1 Å². The minimum Gasteiger partial charge on any atom is -1.00 e. The molecule has 0 saturated carbocycles. The number of benzene rings is 2. The Morgan fingerprint density at radius 2 is 1.41 bits per heavy atom. The molecule has 4 rings (SSSR count). The molecule has 2 aromatic carbocycles. The topological polar surface area (TPSA) is 59.8 Å². The maximum atomic E-state index is 6.27. The van der Waals surface area contributed by atoms with E-state index in [2.05, 4.69) is 71.6 Å². The van der Waals surface area contributed by atoms with Gasteiger partial charge in [-0.05, 0) is 19.1 Å². The van der Waals surface area contributed by atoms with Gasteiger partial charge in [0.15, 0.2) is 11.9 Å². The fourth-order valence-electron chi connectivity index (χ4n) is 4.09. The summed E-state index contributed by atoms with van der Waals surface area (Å²) < 4.78 is 4.71. The highest BCUT2D eigenvalue weighted by Gasteiger charge is 2.17. The zero-order valence-corrected chi connectivity index (χ0v) is 17.8. The van der Waals surface area contributed by atoms with E-state index in [1.807, 2.05) is 12.1 Å². The molecule has 0 fully saturated rings. The number of unbranched alkanes of at least 4 members (excludes halogenated alkanes) is 1. The number of aryl methyl sites for hydroxylation is 4. The molecule has 4 N–H and O–H groups in total. The Hall–Kier alpha value is -2.85. The van der Waals surface area contributed by atoms with E-state index in [0.717, 1.165) is 53.6 Å². The lowest BCUT2D eigenvalue weighted by atomic mass is 10.1. The van der Waals surface area contributed by atoms with Crippen molar-refractivity contribution in [3.63, 3.8) is 0 Å². The summed E-state index contributed by atoms with van der Waals surface area (Å²) >= 11 is 0. The first-order chi connectivity index (χ1) is 13.6. The minimum absolute atomic E-state index is 0. The Kier molecular flexibility index (Phi) is 6.23. The second-order valence-electron chi connectivity index (χ2n) is 7.55. The van der Waals surface area contributed by atoms with E-state index in [4.69, 9.17) is 11.5 Å². The summed E-state index contributed by atoms with van der Waals surface area (Å²) in [5, 5.41) is 2.26. The zero-order valence-electron chi connectivity index (χ0n) is 17.0. The first kappa shape index (κ1) is 20.9. The van der Waals surface area contributed by atoms with Gasteiger partial charge >= 0.3 is 0 Å². The molecule has 0 radical (unpaired) electrons. The molecule has 0 spiro atoms. The van der Waals surface area contributed by atoms with Crippen molar-refractivity contribution in [1.29, 1.82) is 0 Å². The highest BCUT2D eigenvalue weighted by Crippen LogP contribution is 2.21. The molecule has 0 saturated heterocycles. The van der Waals surface area contributed by atoms with E-state index in [9.17, 15) is 0 Å². The number of hydrogen-bond acceptors (Lipinski definition) is 2. The fourth-order valence-corrected chi connectivity index (χ4v) is 4.09. The van der Waals surface area contributed by atoms with E-state index in [1.165, 1.54) is 16.7 Å². The van der Waals surface area contributed by atoms with Crippen LogP contribution in [0.5, 0.6) is 0 Å². The Labute approximate surface area is 178 Å². The van der Waals surface area contributed by atoms with Gasteiger partial charge in [0.2, 0.25) is 11.0 Å². The van der Waals surface area contributed by atoms with Crippen molar-refractivity contribution in [2.75, 3.05) is 11.5 Å². The van der Waals surface area contributed by atoms with Gasteiger partial charge < -0.3 is 23.9 Å². The van der Waals surface area contributed by atoms with Gasteiger partial charge in [-0.3, -0.25) is 0 Å². The Balaban J connectivity index is 0.00000240. The van der Waals surface area contributed by atoms with Crippen LogP contribution in [0.3, 0.4) is 0 Å². The Morgan fingerprint density at radius 1 is 0.793 bits per heavy atom. The molecule has 5 heteroatoms. The molecule has 0 amide bonds. The number of aromatic nitrogens is 2. The van der Waals surface area contributed by atoms with E-state index in [-0.39, 0.29) is 12.4 Å². The summed E-state index contributed by atoms with van der Waals surface area (Å²) in [5.74, 6) is 0. The highest BCUT2D eigenvalue weighted by atomic mass is 35.5. The fraction of sp³-hybridized carbons (Fsp3) is 0.250. The summed E-state index contributed by atoms with van der Waals surface area (Å²) in [6.45, 7) is 6.18. The van der Waals surface area contributed by atoms with E-state index < -0.39 is 0 Å². The number of nitrogen functional groups attached to an aromatic ring is 2. The normalized spacial score (nSPS) is 11.0. The van der Waals surface area contributed by atoms with Crippen molar-refractivity contribution in [1.82, 2.24) is 0 Å². The molecule has 150 valence electrons. The van der Waals surface area contributed by atoms with Crippen molar-refractivity contribution in [2.45, 2.75) is 39.8 Å². The van der Waals surface area contributed by atoms with Gasteiger partial charge in [-0.25, -0.2) is 0 Å². The van der Waals surface area contributed by atoms with Crippen molar-refractivity contribution in [3.8, 4) is 0 Å². The monoisotopic (exact) mass is 407 g/mol. The van der Waals surface area contributed by atoms with Crippen LogP contribution in [0.4, 0.5) is 11.4 Å². The van der Waals surface area contributed by atoms with Gasteiger partial charge in [-0.1, -0.05) is 24.3 Å². The van der Waals surface area contributed by atoms with Crippen molar-refractivity contribution in [2.24, 2.45) is 0 Å². The van der Waals surface area contributed by atoms with Crippen LogP contribution in [0.25, 0.3) is 21.8 Å². The number of para-hydroxylation sites is 2. The molecule has 0 aliphatic carbocycles. The number of pyridine rings is 2. The first-order valence-electron chi connectivity index (χ1n) is 9.91. The molecular weight excluding hydrogens is 380 g/mol. The third-order valence-electron chi connectivity index (χ3n) is 5.60. The number of fused-ring (bicyclic) bond motifs is 2. The maximum absolute atomic E-state index is 6.27. The number of nitrogens with two attached hydrogens (primary N) is 2. The summed E-state index contributed by atoms with van der Waals surface area (Å²) in [7, 11) is 0. The van der Waals surface area contributed by atoms with Gasteiger partial charge in [0.25, 0.3) is 0 Å². The number of halogens is 1. The van der Waals surface area contributed by atoms with Gasteiger partial charge in [0.05, 0.1) is 22.1 Å². The number of hydrogen-bond donors (Lipinski definition) is 2. The summed E-state index contributed by atoms with van der Waals surface area (Å²) in [4.78, 5) is 0. The van der Waals surface area contributed by atoms with Crippen LogP contribution < -0.4 is 33.0 Å². The van der Waals surface area contributed by atoms with Crippen LogP contribution in [0.15, 0.2) is 60.8 Å². The second-order valence-corrected chi connectivity index (χ2v) is 7.55.